The van der Waals surface area contributed by atoms with Crippen LogP contribution in [0.25, 0.3) is 0 Å². The normalized spacial score (nSPS) is 20.4. The molecule has 5 heterocycles. The Kier molecular flexibility index (Phi) is 69.6. The molecule has 5 fully saturated rings. The Morgan fingerprint density at radius 1 is 0.459 bits per heavy atom. The minimum Gasteiger partial charge on any atom is -0.481 e. The van der Waals surface area contributed by atoms with Crippen molar-refractivity contribution in [3.05, 3.63) is 24.3 Å². The Hall–Kier alpha value is -4.21. The van der Waals surface area contributed by atoms with Gasteiger partial charge in [0, 0.05) is 58.8 Å². The van der Waals surface area contributed by atoms with Crippen molar-refractivity contribution in [1.82, 2.24) is 0 Å². The number of aldehydes is 1. The van der Waals surface area contributed by atoms with E-state index in [1.165, 1.54) is 214 Å². The molecule has 0 aromatic rings. The van der Waals surface area contributed by atoms with E-state index in [1.54, 1.807) is 12.2 Å². The first-order chi connectivity index (χ1) is 47.7. The van der Waals surface area contributed by atoms with Crippen molar-refractivity contribution in [2.24, 2.45) is 0 Å². The van der Waals surface area contributed by atoms with E-state index >= 15 is 0 Å². The number of terminal acetylenes is 1. The molecule has 570 valence electrons. The molecule has 0 saturated carbocycles. The number of carbonyl (C=O) groups excluding carboxylic acids is 4. The summed E-state index contributed by atoms with van der Waals surface area (Å²) in [5, 5.41) is 45.4. The molecule has 18 nitrogen and oxygen atoms in total. The van der Waals surface area contributed by atoms with Gasteiger partial charge in [0.1, 0.15) is 42.7 Å². The average molecular weight is 1390 g/mol. The fourth-order valence-corrected chi connectivity index (χ4v) is 10.9. The third kappa shape index (κ3) is 62.8. The maximum Gasteiger partial charge on any atom is 0.305 e. The van der Waals surface area contributed by atoms with Gasteiger partial charge < -0.3 is 68.2 Å². The van der Waals surface area contributed by atoms with E-state index in [1.807, 2.05) is 12.2 Å². The van der Waals surface area contributed by atoms with Crippen molar-refractivity contribution in [3.8, 4) is 24.2 Å². The summed E-state index contributed by atoms with van der Waals surface area (Å²) in [6, 6.07) is 0. The van der Waals surface area contributed by atoms with E-state index in [0.717, 1.165) is 71.6 Å². The van der Waals surface area contributed by atoms with Gasteiger partial charge in [-0.1, -0.05) is 238 Å². The second-order valence-corrected chi connectivity index (χ2v) is 26.1. The van der Waals surface area contributed by atoms with Gasteiger partial charge in [-0.25, -0.2) is 0 Å². The molecule has 0 aliphatic carbocycles. The van der Waals surface area contributed by atoms with Crippen molar-refractivity contribution >= 4 is 30.2 Å². The molecule has 0 aromatic heterocycles. The molecule has 5 rings (SSSR count). The van der Waals surface area contributed by atoms with Crippen LogP contribution in [-0.4, -0.2) is 164 Å². The fourth-order valence-electron chi connectivity index (χ4n) is 10.9. The van der Waals surface area contributed by atoms with Crippen molar-refractivity contribution in [1.29, 1.82) is 0 Å². The van der Waals surface area contributed by atoms with Crippen LogP contribution in [0.1, 0.15) is 323 Å². The molecule has 98 heavy (non-hydrogen) atoms. The second-order valence-electron chi connectivity index (χ2n) is 26.1. The number of epoxide rings is 4. The third-order valence-electron chi connectivity index (χ3n) is 17.3. The quantitative estimate of drug-likeness (QED) is 0.00720. The summed E-state index contributed by atoms with van der Waals surface area (Å²) in [5.41, 5.74) is 0. The minimum atomic E-state index is -0.769. The number of hydrogen-bond donors (Lipinski definition) is 5. The molecule has 0 bridgehead atoms. The highest BCUT2D eigenvalue weighted by atomic mass is 16.6. The number of aliphatic hydroxyl groups excluding tert-OH is 4. The molecule has 18 heteroatoms. The monoisotopic (exact) mass is 1390 g/mol. The molecule has 5 N–H and O–H groups in total. The Morgan fingerprint density at radius 3 is 1.13 bits per heavy atom. The molecule has 0 aromatic carbocycles. The lowest BCUT2D eigenvalue weighted by molar-refractivity contribution is -0.141. The number of carboxylic acids is 1. The highest BCUT2D eigenvalue weighted by molar-refractivity contribution is 5.69. The molecular weight excluding hydrogens is 1250 g/mol. The van der Waals surface area contributed by atoms with Gasteiger partial charge in [0.15, 0.2) is 6.29 Å². The van der Waals surface area contributed by atoms with Crippen LogP contribution in [0.15, 0.2) is 24.3 Å². The standard InChI is InChI=1S/C19H34O4.C19H32O4.C18H32O4.C12H22O2.C7H10O2.C4H8O.CH4O/c2*1-3-4-5-6-7-8-11-14-17-19(23-17)16(20)13-10-9-12-15-18(21)22-2;1-2-3-4-5-6-7-10-13-16-18(22-16)15(19)12-9-8-11-14-17(20)21;1-2-3-4-5-6-7-8-9-11-12(10-13)14-11;1-3-4-5-6-7(8)9-2;1-2-4-5-3-1;1-2/h10,13,16-17,19-20H,3-9,11-12,14-15H2,1-2H3;16-17,19-20H,3-9,11-12,14-15H2,1-2H3;9,12,15-16,18-19H,2-8,10-11,13-14H2,1H3,(H,20,21);10-12H,2-9H2,1H3;1H,4-6H2,2H3;1-4H2;2H,1H3/b13-10-;;12-9-;;;;. The van der Waals surface area contributed by atoms with E-state index in [9.17, 15) is 39.3 Å². The maximum absolute atomic E-state index is 11.0. The number of carbonyl (C=O) groups is 5. The summed E-state index contributed by atoms with van der Waals surface area (Å²) < 4.78 is 40.2. The Bertz CT molecular complexity index is 2020. The third-order valence-corrected chi connectivity index (χ3v) is 17.3. The molecule has 5 aliphatic heterocycles. The predicted molar refractivity (Wildman–Crippen MR) is 391 cm³/mol. The van der Waals surface area contributed by atoms with Gasteiger partial charge in [-0.2, -0.15) is 0 Å². The van der Waals surface area contributed by atoms with E-state index in [2.05, 4.69) is 59.7 Å². The molecule has 11 unspecified atom stereocenters. The Balaban J connectivity index is 0. The summed E-state index contributed by atoms with van der Waals surface area (Å²) in [6.07, 6.45) is 62.4. The number of aliphatic hydroxyl groups is 4. The summed E-state index contributed by atoms with van der Waals surface area (Å²) >= 11 is 0. The van der Waals surface area contributed by atoms with Crippen LogP contribution in [0.3, 0.4) is 0 Å². The topological polar surface area (TPSA) is 274 Å². The van der Waals surface area contributed by atoms with Gasteiger partial charge in [-0.05, 0) is 77.0 Å². The number of esters is 3. The first kappa shape index (κ1) is 95.8. The van der Waals surface area contributed by atoms with E-state index in [4.69, 9.17) is 40.3 Å². The second kappa shape index (κ2) is 71.2. The zero-order chi connectivity index (χ0) is 72.9. The number of allylic oxidation sites excluding steroid dienone is 2. The van der Waals surface area contributed by atoms with E-state index < -0.39 is 24.3 Å². The zero-order valence-corrected chi connectivity index (χ0v) is 62.8. The van der Waals surface area contributed by atoms with Crippen LogP contribution in [0.5, 0.6) is 0 Å². The molecule has 11 atom stereocenters. The summed E-state index contributed by atoms with van der Waals surface area (Å²) in [4.78, 5) is 52.9. The van der Waals surface area contributed by atoms with Crippen molar-refractivity contribution < 1.29 is 87.4 Å². The van der Waals surface area contributed by atoms with Crippen molar-refractivity contribution in [2.75, 3.05) is 41.7 Å². The lowest BCUT2D eigenvalue weighted by Crippen LogP contribution is -2.14. The number of hydrogen-bond acceptors (Lipinski definition) is 17. The predicted octanol–water partition coefficient (Wildman–Crippen LogP) is 16.3. The number of carboxylic acid groups (broad SMARTS) is 1. The molecule has 5 saturated heterocycles. The first-order valence-electron chi connectivity index (χ1n) is 38.5. The summed E-state index contributed by atoms with van der Waals surface area (Å²) in [5.74, 6) is 6.82. The zero-order valence-electron chi connectivity index (χ0n) is 62.8. The smallest absolute Gasteiger partial charge is 0.305 e. The SMILES string of the molecule is C#CCCCC(=O)OC.C1CCOC1.CCCCCCCCCC1OC1C(O)/C=C\CCCC(=O)O.CCCCCCCCCC1OC1C(O)/C=C\CCCC(=O)OC.CCCCCCCCCC1OC1C(O)C#CCCCC(=O)OC.CCCCCCCCCC1OC1C=O.CO. The Labute approximate surface area is 595 Å². The highest BCUT2D eigenvalue weighted by Crippen LogP contribution is 2.33. The van der Waals surface area contributed by atoms with Crippen LogP contribution < -0.4 is 0 Å². The number of ether oxygens (including phenoxy) is 8. The number of methoxy groups -OCH3 is 3. The average Bonchev–Trinajstić information content (AvgIpc) is 1.76. The lowest BCUT2D eigenvalue weighted by Gasteiger charge is -2.02. The molecule has 5 aliphatic rings. The summed E-state index contributed by atoms with van der Waals surface area (Å²) in [6.45, 7) is 10.9. The largest absolute Gasteiger partial charge is 0.481 e. The fraction of sp³-hybridized carbons (Fsp3) is 0.838. The van der Waals surface area contributed by atoms with E-state index in [0.29, 0.717) is 51.4 Å². The van der Waals surface area contributed by atoms with Crippen molar-refractivity contribution in [2.45, 2.75) is 390 Å². The Morgan fingerprint density at radius 2 is 0.796 bits per heavy atom. The van der Waals surface area contributed by atoms with Gasteiger partial charge in [0.2, 0.25) is 0 Å². The van der Waals surface area contributed by atoms with Crippen LogP contribution >= 0.6 is 0 Å². The first-order valence-corrected chi connectivity index (χ1v) is 38.5. The van der Waals surface area contributed by atoms with Gasteiger partial charge in [-0.3, -0.25) is 19.2 Å². The van der Waals surface area contributed by atoms with Crippen LogP contribution in [0.2, 0.25) is 0 Å². The number of aliphatic carboxylic acids is 1. The highest BCUT2D eigenvalue weighted by Gasteiger charge is 2.44. The van der Waals surface area contributed by atoms with Crippen molar-refractivity contribution in [3.63, 3.8) is 0 Å². The maximum atomic E-state index is 11.0. The number of rotatable bonds is 52. The molecule has 0 amide bonds. The van der Waals surface area contributed by atoms with Gasteiger partial charge in [0.05, 0.1) is 45.7 Å². The number of unbranched alkanes of at least 4 members (excludes halogenated alkanes) is 28. The molecule has 0 spiro atoms. The van der Waals surface area contributed by atoms with Gasteiger partial charge >= 0.3 is 23.9 Å². The summed E-state index contributed by atoms with van der Waals surface area (Å²) in [7, 11) is 5.16. The van der Waals surface area contributed by atoms with Gasteiger partial charge in [0.25, 0.3) is 0 Å². The molecular formula is C80H142O18. The van der Waals surface area contributed by atoms with E-state index in [-0.39, 0.29) is 73.2 Å². The molecule has 0 radical (unpaired) electrons. The van der Waals surface area contributed by atoms with Crippen LogP contribution in [0, 0.1) is 24.2 Å². The lowest BCUT2D eigenvalue weighted by atomic mass is 10.0. The van der Waals surface area contributed by atoms with Gasteiger partial charge in [-0.15, -0.1) is 18.3 Å². The van der Waals surface area contributed by atoms with Crippen LogP contribution in [-0.2, 0) is 61.9 Å². The minimum absolute atomic E-state index is 0.0213. The van der Waals surface area contributed by atoms with Crippen LogP contribution in [0.4, 0.5) is 0 Å².